The monoisotopic (exact) mass is 367 g/mol. The Kier molecular flexibility index (Phi) is 8.84. The van der Waals surface area contributed by atoms with Gasteiger partial charge in [-0.15, -0.1) is 0 Å². The van der Waals surface area contributed by atoms with Gasteiger partial charge in [-0.05, 0) is 31.9 Å². The predicted octanol–water partition coefficient (Wildman–Crippen LogP) is 3.77. The quantitative estimate of drug-likeness (QED) is 0.377. The van der Waals surface area contributed by atoms with Crippen LogP contribution in [-0.4, -0.2) is 37.2 Å². The Morgan fingerprint density at radius 3 is 2.40 bits per heavy atom. The molecule has 0 aromatic heterocycles. The summed E-state index contributed by atoms with van der Waals surface area (Å²) in [6.45, 7) is 5.54. The highest BCUT2D eigenvalue weighted by molar-refractivity contribution is 6.36. The summed E-state index contributed by atoms with van der Waals surface area (Å²) in [5.74, 6) is -2.71. The molecular formula is C18H22ClNO5. The number of benzene rings is 1. The first-order chi connectivity index (χ1) is 11.9. The van der Waals surface area contributed by atoms with Crippen LogP contribution in [0, 0.1) is 5.92 Å². The van der Waals surface area contributed by atoms with Gasteiger partial charge in [-0.2, -0.15) is 0 Å². The van der Waals surface area contributed by atoms with Crippen LogP contribution in [-0.2, 0) is 19.1 Å². The van der Waals surface area contributed by atoms with Gasteiger partial charge in [0.25, 0.3) is 0 Å². The molecule has 0 amide bonds. The van der Waals surface area contributed by atoms with Crippen LogP contribution in [0.25, 0.3) is 0 Å². The van der Waals surface area contributed by atoms with Crippen LogP contribution in [0.4, 0.5) is 5.69 Å². The summed E-state index contributed by atoms with van der Waals surface area (Å²) in [7, 11) is 0. The SMILES string of the molecule is CCCOC(=O)c1cccc(N=CC(C(C)=O)C(=O)OCCC)c1Cl. The van der Waals surface area contributed by atoms with E-state index in [0.717, 1.165) is 0 Å². The van der Waals surface area contributed by atoms with Crippen molar-refractivity contribution in [2.24, 2.45) is 10.9 Å². The lowest BCUT2D eigenvalue weighted by Gasteiger charge is -2.09. The summed E-state index contributed by atoms with van der Waals surface area (Å²) in [4.78, 5) is 39.6. The van der Waals surface area contributed by atoms with Crippen molar-refractivity contribution in [3.63, 3.8) is 0 Å². The summed E-state index contributed by atoms with van der Waals surface area (Å²) < 4.78 is 10.0. The molecular weight excluding hydrogens is 346 g/mol. The van der Waals surface area contributed by atoms with Crippen LogP contribution in [0.2, 0.25) is 5.02 Å². The van der Waals surface area contributed by atoms with Crippen LogP contribution in [0.5, 0.6) is 0 Å². The Morgan fingerprint density at radius 2 is 1.80 bits per heavy atom. The van der Waals surface area contributed by atoms with Crippen molar-refractivity contribution in [2.45, 2.75) is 33.6 Å². The number of esters is 2. The molecule has 0 aliphatic heterocycles. The van der Waals surface area contributed by atoms with E-state index in [9.17, 15) is 14.4 Å². The van der Waals surface area contributed by atoms with Gasteiger partial charge < -0.3 is 9.47 Å². The molecule has 7 heteroatoms. The van der Waals surface area contributed by atoms with Crippen LogP contribution in [0.15, 0.2) is 23.2 Å². The minimum atomic E-state index is -1.11. The van der Waals surface area contributed by atoms with E-state index in [1.165, 1.54) is 19.2 Å². The molecule has 0 bridgehead atoms. The number of ketones is 1. The second kappa shape index (κ2) is 10.6. The molecule has 1 aromatic carbocycles. The van der Waals surface area contributed by atoms with E-state index in [1.807, 2.05) is 13.8 Å². The van der Waals surface area contributed by atoms with Gasteiger partial charge in [-0.1, -0.05) is 31.5 Å². The van der Waals surface area contributed by atoms with E-state index in [0.29, 0.717) is 19.4 Å². The third kappa shape index (κ3) is 6.31. The highest BCUT2D eigenvalue weighted by Crippen LogP contribution is 2.29. The van der Waals surface area contributed by atoms with E-state index in [-0.39, 0.29) is 28.7 Å². The first-order valence-electron chi connectivity index (χ1n) is 8.09. The molecule has 1 unspecified atom stereocenters. The molecule has 0 heterocycles. The lowest BCUT2D eigenvalue weighted by molar-refractivity contribution is -0.148. The molecule has 25 heavy (non-hydrogen) atoms. The molecule has 0 fully saturated rings. The number of carbonyl (C=O) groups excluding carboxylic acids is 3. The maximum absolute atomic E-state index is 12.0. The normalized spacial score (nSPS) is 12.0. The number of aliphatic imine (C=N–C) groups is 1. The van der Waals surface area contributed by atoms with Crippen molar-refractivity contribution in [3.05, 3.63) is 28.8 Å². The van der Waals surface area contributed by atoms with Gasteiger partial charge in [0.2, 0.25) is 0 Å². The number of carbonyl (C=O) groups is 3. The van der Waals surface area contributed by atoms with Gasteiger partial charge in [-0.25, -0.2) is 4.79 Å². The van der Waals surface area contributed by atoms with Crippen molar-refractivity contribution in [1.29, 1.82) is 0 Å². The maximum atomic E-state index is 12.0. The molecule has 0 aliphatic rings. The van der Waals surface area contributed by atoms with Crippen molar-refractivity contribution in [3.8, 4) is 0 Å². The lowest BCUT2D eigenvalue weighted by atomic mass is 10.1. The van der Waals surface area contributed by atoms with Crippen molar-refractivity contribution in [1.82, 2.24) is 0 Å². The summed E-state index contributed by atoms with van der Waals surface area (Å²) in [5.41, 5.74) is 0.444. The zero-order valence-corrected chi connectivity index (χ0v) is 15.3. The third-order valence-electron chi connectivity index (χ3n) is 3.14. The average Bonchev–Trinajstić information content (AvgIpc) is 2.58. The van der Waals surface area contributed by atoms with Gasteiger partial charge >= 0.3 is 11.9 Å². The number of halogens is 1. The van der Waals surface area contributed by atoms with Crippen LogP contribution in [0.3, 0.4) is 0 Å². The van der Waals surface area contributed by atoms with Gasteiger partial charge in [-0.3, -0.25) is 14.6 Å². The second-order valence-electron chi connectivity index (χ2n) is 5.31. The second-order valence-corrected chi connectivity index (χ2v) is 5.69. The minimum Gasteiger partial charge on any atom is -0.465 e. The Bertz CT molecular complexity index is 657. The molecule has 1 aromatic rings. The van der Waals surface area contributed by atoms with E-state index in [1.54, 1.807) is 12.1 Å². The largest absolute Gasteiger partial charge is 0.465 e. The summed E-state index contributed by atoms with van der Waals surface area (Å²) in [6, 6.07) is 4.70. The summed E-state index contributed by atoms with van der Waals surface area (Å²) in [5, 5.41) is 0.101. The van der Waals surface area contributed by atoms with Crippen LogP contribution < -0.4 is 0 Å². The summed E-state index contributed by atoms with van der Waals surface area (Å²) in [6.07, 6.45) is 2.53. The van der Waals surface area contributed by atoms with E-state index >= 15 is 0 Å². The molecule has 0 spiro atoms. The third-order valence-corrected chi connectivity index (χ3v) is 3.54. The van der Waals surface area contributed by atoms with Gasteiger partial charge in [0.1, 0.15) is 5.78 Å². The topological polar surface area (TPSA) is 82.0 Å². The fourth-order valence-electron chi connectivity index (χ4n) is 1.83. The standard InChI is InChI=1S/C18H22ClNO5/c1-4-9-24-17(22)13-7-6-8-15(16(13)19)20-11-14(12(3)21)18(23)25-10-5-2/h6-8,11,14H,4-5,9-10H2,1-3H3. The molecule has 0 radical (unpaired) electrons. The number of hydrogen-bond acceptors (Lipinski definition) is 6. The van der Waals surface area contributed by atoms with E-state index in [2.05, 4.69) is 4.99 Å². The van der Waals surface area contributed by atoms with Crippen molar-refractivity contribution < 1.29 is 23.9 Å². The number of hydrogen-bond donors (Lipinski definition) is 0. The summed E-state index contributed by atoms with van der Waals surface area (Å²) >= 11 is 6.19. The lowest BCUT2D eigenvalue weighted by Crippen LogP contribution is -2.25. The molecule has 1 atom stereocenters. The van der Waals surface area contributed by atoms with Crippen molar-refractivity contribution >= 4 is 41.2 Å². The highest BCUT2D eigenvalue weighted by atomic mass is 35.5. The van der Waals surface area contributed by atoms with Gasteiger partial charge in [0.05, 0.1) is 29.5 Å². The minimum absolute atomic E-state index is 0.101. The van der Waals surface area contributed by atoms with E-state index < -0.39 is 17.9 Å². The predicted molar refractivity (Wildman–Crippen MR) is 95.6 cm³/mol. The van der Waals surface area contributed by atoms with Crippen molar-refractivity contribution in [2.75, 3.05) is 13.2 Å². The molecule has 6 nitrogen and oxygen atoms in total. The Hall–Kier alpha value is -2.21. The average molecular weight is 368 g/mol. The molecule has 0 N–H and O–H groups in total. The first-order valence-corrected chi connectivity index (χ1v) is 8.47. The molecule has 0 aliphatic carbocycles. The fraction of sp³-hybridized carbons (Fsp3) is 0.444. The zero-order valence-electron chi connectivity index (χ0n) is 14.6. The smallest absolute Gasteiger partial charge is 0.339 e. The number of rotatable bonds is 9. The first kappa shape index (κ1) is 20.8. The van der Waals surface area contributed by atoms with Crippen LogP contribution >= 0.6 is 11.6 Å². The fourth-order valence-corrected chi connectivity index (χ4v) is 2.08. The zero-order chi connectivity index (χ0) is 18.8. The molecule has 136 valence electrons. The number of ether oxygens (including phenoxy) is 2. The Balaban J connectivity index is 3.00. The Morgan fingerprint density at radius 1 is 1.16 bits per heavy atom. The van der Waals surface area contributed by atoms with E-state index in [4.69, 9.17) is 21.1 Å². The van der Waals surface area contributed by atoms with Gasteiger partial charge in [0.15, 0.2) is 5.92 Å². The highest BCUT2D eigenvalue weighted by Gasteiger charge is 2.23. The molecule has 0 saturated carbocycles. The van der Waals surface area contributed by atoms with Crippen LogP contribution in [0.1, 0.15) is 44.0 Å². The number of Topliss-reactive ketones (excluding diaryl/α,β-unsaturated/α-hetero) is 1. The Labute approximate surface area is 152 Å². The molecule has 0 saturated heterocycles. The van der Waals surface area contributed by atoms with Gasteiger partial charge in [0, 0.05) is 6.21 Å². The molecule has 1 rings (SSSR count). The number of nitrogens with zero attached hydrogens (tertiary/aromatic N) is 1. The maximum Gasteiger partial charge on any atom is 0.339 e.